The molecule has 2 aromatic carbocycles. The Morgan fingerprint density at radius 3 is 2.33 bits per heavy atom. The van der Waals surface area contributed by atoms with Gasteiger partial charge in [0.05, 0.1) is 32.9 Å². The quantitative estimate of drug-likeness (QED) is 0.294. The number of hydrogen-bond acceptors (Lipinski definition) is 5. The van der Waals surface area contributed by atoms with Crippen LogP contribution in [0.5, 0.6) is 0 Å². The smallest absolute Gasteiger partial charge is 0.253 e. The largest absolute Gasteiger partial charge is 0.390 e. The van der Waals surface area contributed by atoms with Gasteiger partial charge in [0.25, 0.3) is 5.91 Å². The molecule has 1 fully saturated rings. The van der Waals surface area contributed by atoms with Crippen molar-refractivity contribution in [2.75, 3.05) is 24.5 Å². The van der Waals surface area contributed by atoms with E-state index in [-0.39, 0.29) is 17.7 Å². The van der Waals surface area contributed by atoms with Crippen LogP contribution in [0.25, 0.3) is 11.0 Å². The standard InChI is InChI=1S/C32H43Cl2N5O3/c1-8-35-29(40)22-15-24-26(17-25(22)39-13-11-20(12-14-39)32(5,6)42)38(7)27(37-24)16-21-23(33)10-9-19(28(21)34)18-36-30(41)31(2,3)4/h9-10,15,17,20,42H,8,11-14,16,18H2,1-7H3,(H,35,40)(H,36,41). The van der Waals surface area contributed by atoms with Gasteiger partial charge in [-0.3, -0.25) is 9.59 Å². The van der Waals surface area contributed by atoms with Crippen LogP contribution in [0.15, 0.2) is 24.3 Å². The van der Waals surface area contributed by atoms with E-state index in [2.05, 4.69) is 15.5 Å². The topological polar surface area (TPSA) is 99.5 Å². The maximum absolute atomic E-state index is 13.2. The molecule has 0 aliphatic carbocycles. The van der Waals surface area contributed by atoms with Crippen molar-refractivity contribution in [1.82, 2.24) is 20.2 Å². The SMILES string of the molecule is CCNC(=O)c1cc2nc(Cc3c(Cl)ccc(CNC(=O)C(C)(C)C)c3Cl)n(C)c2cc1N1CCC(C(C)(C)O)CC1. The fourth-order valence-electron chi connectivity index (χ4n) is 5.50. The van der Waals surface area contributed by atoms with E-state index in [0.29, 0.717) is 40.6 Å². The minimum absolute atomic E-state index is 0.0616. The van der Waals surface area contributed by atoms with Gasteiger partial charge in [0, 0.05) is 50.1 Å². The zero-order valence-corrected chi connectivity index (χ0v) is 27.2. The second-order valence-electron chi connectivity index (χ2n) is 12.8. The molecule has 0 unspecified atom stereocenters. The Labute approximate surface area is 258 Å². The number of carbonyl (C=O) groups excluding carboxylic acids is 2. The lowest BCUT2D eigenvalue weighted by atomic mass is 9.83. The van der Waals surface area contributed by atoms with E-state index in [1.54, 1.807) is 6.07 Å². The van der Waals surface area contributed by atoms with Gasteiger partial charge in [-0.15, -0.1) is 0 Å². The number of fused-ring (bicyclic) bond motifs is 1. The molecule has 2 heterocycles. The Bertz CT molecular complexity index is 1480. The van der Waals surface area contributed by atoms with Crippen molar-refractivity contribution in [2.45, 2.75) is 73.0 Å². The first-order chi connectivity index (χ1) is 19.6. The predicted molar refractivity (Wildman–Crippen MR) is 171 cm³/mol. The van der Waals surface area contributed by atoms with Crippen LogP contribution in [0.1, 0.15) is 81.7 Å². The second kappa shape index (κ2) is 12.4. The van der Waals surface area contributed by atoms with E-state index in [4.69, 9.17) is 28.2 Å². The summed E-state index contributed by atoms with van der Waals surface area (Å²) in [7, 11) is 1.95. The number of carbonyl (C=O) groups is 2. The van der Waals surface area contributed by atoms with Crippen LogP contribution < -0.4 is 15.5 Å². The number of rotatable bonds is 8. The molecule has 8 nitrogen and oxygen atoms in total. The Morgan fingerprint density at radius 1 is 1.07 bits per heavy atom. The predicted octanol–water partition coefficient (Wildman–Crippen LogP) is 5.87. The lowest BCUT2D eigenvalue weighted by Gasteiger charge is -2.39. The zero-order chi connectivity index (χ0) is 31.0. The number of nitrogens with zero attached hydrogens (tertiary/aromatic N) is 3. The van der Waals surface area contributed by atoms with Crippen molar-refractivity contribution in [3.05, 3.63) is 56.8 Å². The van der Waals surface area contributed by atoms with E-state index in [1.165, 1.54) is 0 Å². The molecule has 0 bridgehead atoms. The highest BCUT2D eigenvalue weighted by Crippen LogP contribution is 2.35. The molecule has 3 aromatic rings. The van der Waals surface area contributed by atoms with Gasteiger partial charge < -0.3 is 25.2 Å². The van der Waals surface area contributed by atoms with E-state index in [1.807, 2.05) is 71.4 Å². The average Bonchev–Trinajstić information content (AvgIpc) is 3.22. The molecule has 0 saturated carbocycles. The number of aromatic nitrogens is 2. The van der Waals surface area contributed by atoms with Gasteiger partial charge >= 0.3 is 0 Å². The van der Waals surface area contributed by atoms with E-state index >= 15 is 0 Å². The summed E-state index contributed by atoms with van der Waals surface area (Å²) in [6.07, 6.45) is 2.07. The molecule has 42 heavy (non-hydrogen) atoms. The molecular weight excluding hydrogens is 573 g/mol. The monoisotopic (exact) mass is 615 g/mol. The van der Waals surface area contributed by atoms with Crippen molar-refractivity contribution in [1.29, 1.82) is 0 Å². The molecule has 2 amide bonds. The zero-order valence-electron chi connectivity index (χ0n) is 25.7. The van der Waals surface area contributed by atoms with Crippen LogP contribution in [0.4, 0.5) is 5.69 Å². The summed E-state index contributed by atoms with van der Waals surface area (Å²) >= 11 is 13.5. The highest BCUT2D eigenvalue weighted by molar-refractivity contribution is 6.36. The highest BCUT2D eigenvalue weighted by Gasteiger charge is 2.32. The molecule has 0 atom stereocenters. The molecular formula is C32H43Cl2N5O3. The van der Waals surface area contributed by atoms with Crippen molar-refractivity contribution >= 4 is 51.7 Å². The number of aryl methyl sites for hydroxylation is 1. The molecule has 3 N–H and O–H groups in total. The molecule has 1 aliphatic rings. The minimum atomic E-state index is -0.729. The Hall–Kier alpha value is -2.81. The van der Waals surface area contributed by atoms with Gasteiger partial charge in [-0.1, -0.05) is 50.0 Å². The van der Waals surface area contributed by atoms with Crippen molar-refractivity contribution in [3.8, 4) is 0 Å². The Balaban J connectivity index is 1.68. The maximum Gasteiger partial charge on any atom is 0.253 e. The summed E-state index contributed by atoms with van der Waals surface area (Å²) in [5.74, 6) is 0.765. The fraction of sp³-hybridized carbons (Fsp3) is 0.531. The molecule has 0 radical (unpaired) electrons. The molecule has 228 valence electrons. The van der Waals surface area contributed by atoms with Crippen molar-refractivity contribution in [2.24, 2.45) is 18.4 Å². The normalized spacial score (nSPS) is 14.9. The molecule has 1 aliphatic heterocycles. The second-order valence-corrected chi connectivity index (χ2v) is 13.6. The average molecular weight is 617 g/mol. The number of aliphatic hydroxyl groups is 1. The molecule has 1 aromatic heterocycles. The molecule has 4 rings (SSSR count). The molecule has 1 saturated heterocycles. The first kappa shape index (κ1) is 32.1. The Kier molecular flexibility index (Phi) is 9.50. The third kappa shape index (κ3) is 6.87. The van der Waals surface area contributed by atoms with Crippen LogP contribution >= 0.6 is 23.2 Å². The maximum atomic E-state index is 13.2. The fourth-order valence-corrected chi connectivity index (χ4v) is 6.08. The molecule has 0 spiro atoms. The van der Waals surface area contributed by atoms with Gasteiger partial charge in [0.1, 0.15) is 5.82 Å². The lowest BCUT2D eigenvalue weighted by Crippen LogP contribution is -2.42. The van der Waals surface area contributed by atoms with Crippen LogP contribution in [-0.2, 0) is 24.8 Å². The van der Waals surface area contributed by atoms with E-state index in [9.17, 15) is 14.7 Å². The number of benzene rings is 2. The van der Waals surface area contributed by atoms with Crippen LogP contribution in [0.3, 0.4) is 0 Å². The third-order valence-corrected chi connectivity index (χ3v) is 9.05. The summed E-state index contributed by atoms with van der Waals surface area (Å²) in [5.41, 5.74) is 3.34. The Morgan fingerprint density at radius 2 is 1.74 bits per heavy atom. The summed E-state index contributed by atoms with van der Waals surface area (Å²) in [4.78, 5) is 32.7. The van der Waals surface area contributed by atoms with Gasteiger partial charge in [-0.05, 0) is 68.9 Å². The number of halogens is 2. The first-order valence-electron chi connectivity index (χ1n) is 14.6. The van der Waals surface area contributed by atoms with Crippen LogP contribution in [0, 0.1) is 11.3 Å². The summed E-state index contributed by atoms with van der Waals surface area (Å²) in [6, 6.07) is 7.54. The summed E-state index contributed by atoms with van der Waals surface area (Å²) in [6.45, 7) is 13.6. The number of nitrogens with one attached hydrogen (secondary N) is 2. The van der Waals surface area contributed by atoms with Crippen LogP contribution in [-0.4, -0.2) is 51.7 Å². The van der Waals surface area contributed by atoms with Gasteiger partial charge in [0.15, 0.2) is 0 Å². The third-order valence-electron chi connectivity index (χ3n) is 8.23. The van der Waals surface area contributed by atoms with Crippen molar-refractivity contribution in [3.63, 3.8) is 0 Å². The van der Waals surface area contributed by atoms with Gasteiger partial charge in [-0.2, -0.15) is 0 Å². The lowest BCUT2D eigenvalue weighted by molar-refractivity contribution is -0.128. The number of imidazole rings is 1. The highest BCUT2D eigenvalue weighted by atomic mass is 35.5. The minimum Gasteiger partial charge on any atom is -0.390 e. The molecule has 10 heteroatoms. The summed E-state index contributed by atoms with van der Waals surface area (Å²) in [5, 5.41) is 17.5. The number of hydrogen-bond donors (Lipinski definition) is 3. The van der Waals surface area contributed by atoms with E-state index in [0.717, 1.165) is 54.1 Å². The summed E-state index contributed by atoms with van der Waals surface area (Å²) < 4.78 is 2.02. The number of piperidine rings is 1. The first-order valence-corrected chi connectivity index (χ1v) is 15.4. The van der Waals surface area contributed by atoms with E-state index < -0.39 is 11.0 Å². The van der Waals surface area contributed by atoms with Crippen LogP contribution in [0.2, 0.25) is 10.0 Å². The van der Waals surface area contributed by atoms with Crippen molar-refractivity contribution < 1.29 is 14.7 Å². The number of amides is 2. The van der Waals surface area contributed by atoms with Gasteiger partial charge in [-0.25, -0.2) is 4.98 Å². The number of anilines is 1. The van der Waals surface area contributed by atoms with Gasteiger partial charge in [0.2, 0.25) is 5.91 Å².